The Balaban J connectivity index is 2.26. The molecule has 1 amide bonds. The average molecular weight is 287 g/mol. The lowest BCUT2D eigenvalue weighted by molar-refractivity contribution is 0.102. The Hall–Kier alpha value is -2.71. The fourth-order valence-corrected chi connectivity index (χ4v) is 1.92. The standard InChI is InChI=1S/C14H11ClN4O/c15-12-3-8(7-16)1-2-13(12)19-14(20)9-4-10(17)6-11(18)5-9/h1-6H,17-18H2,(H,19,20). The van der Waals surface area contributed by atoms with Crippen LogP contribution < -0.4 is 16.8 Å². The predicted octanol–water partition coefficient (Wildman–Crippen LogP) is 2.63. The molecular formula is C14H11ClN4O. The van der Waals surface area contributed by atoms with Gasteiger partial charge in [-0.2, -0.15) is 5.26 Å². The molecular weight excluding hydrogens is 276 g/mol. The number of hydrogen-bond acceptors (Lipinski definition) is 4. The van der Waals surface area contributed by atoms with Gasteiger partial charge in [-0.15, -0.1) is 0 Å². The van der Waals surface area contributed by atoms with Crippen LogP contribution in [-0.4, -0.2) is 5.91 Å². The molecule has 0 radical (unpaired) electrons. The van der Waals surface area contributed by atoms with Gasteiger partial charge in [-0.3, -0.25) is 4.79 Å². The van der Waals surface area contributed by atoms with Gasteiger partial charge >= 0.3 is 0 Å². The maximum atomic E-state index is 12.1. The lowest BCUT2D eigenvalue weighted by Gasteiger charge is -2.08. The van der Waals surface area contributed by atoms with E-state index in [-0.39, 0.29) is 10.9 Å². The van der Waals surface area contributed by atoms with Crippen LogP contribution in [0.5, 0.6) is 0 Å². The summed E-state index contributed by atoms with van der Waals surface area (Å²) in [6, 6.07) is 11.2. The number of nitrogen functional groups attached to an aromatic ring is 2. The molecule has 0 aliphatic carbocycles. The summed E-state index contributed by atoms with van der Waals surface area (Å²) in [7, 11) is 0. The van der Waals surface area contributed by atoms with Crippen LogP contribution in [0, 0.1) is 11.3 Å². The number of hydrogen-bond donors (Lipinski definition) is 3. The number of anilines is 3. The highest BCUT2D eigenvalue weighted by Gasteiger charge is 2.10. The van der Waals surface area contributed by atoms with Gasteiger partial charge in [0.15, 0.2) is 0 Å². The summed E-state index contributed by atoms with van der Waals surface area (Å²) in [4.78, 5) is 12.1. The topological polar surface area (TPSA) is 105 Å². The molecule has 0 atom stereocenters. The second-order valence-corrected chi connectivity index (χ2v) is 4.56. The van der Waals surface area contributed by atoms with Crippen molar-refractivity contribution in [3.63, 3.8) is 0 Å². The van der Waals surface area contributed by atoms with Crippen LogP contribution in [0.4, 0.5) is 17.1 Å². The number of nitrogens with two attached hydrogens (primary N) is 2. The summed E-state index contributed by atoms with van der Waals surface area (Å²) in [5.41, 5.74) is 13.2. The van der Waals surface area contributed by atoms with Crippen LogP contribution in [0.25, 0.3) is 0 Å². The molecule has 0 aromatic heterocycles. The Bertz CT molecular complexity index is 701. The highest BCUT2D eigenvalue weighted by molar-refractivity contribution is 6.34. The SMILES string of the molecule is N#Cc1ccc(NC(=O)c2cc(N)cc(N)c2)c(Cl)c1. The van der Waals surface area contributed by atoms with Crippen LogP contribution in [0.15, 0.2) is 36.4 Å². The number of carbonyl (C=O) groups is 1. The maximum Gasteiger partial charge on any atom is 0.255 e. The van der Waals surface area contributed by atoms with E-state index in [0.717, 1.165) is 0 Å². The van der Waals surface area contributed by atoms with Crippen molar-refractivity contribution in [2.45, 2.75) is 0 Å². The van der Waals surface area contributed by atoms with Crippen molar-refractivity contribution in [1.82, 2.24) is 0 Å². The minimum Gasteiger partial charge on any atom is -0.399 e. The molecule has 0 aliphatic rings. The number of nitriles is 1. The van der Waals surface area contributed by atoms with Crippen LogP contribution in [-0.2, 0) is 0 Å². The van der Waals surface area contributed by atoms with E-state index in [1.54, 1.807) is 18.2 Å². The Morgan fingerprint density at radius 1 is 1.15 bits per heavy atom. The molecule has 0 fully saturated rings. The zero-order valence-electron chi connectivity index (χ0n) is 10.4. The van der Waals surface area contributed by atoms with Crippen LogP contribution in [0.1, 0.15) is 15.9 Å². The molecule has 20 heavy (non-hydrogen) atoms. The van der Waals surface area contributed by atoms with Gasteiger partial charge in [0, 0.05) is 16.9 Å². The molecule has 0 aliphatic heterocycles. The zero-order chi connectivity index (χ0) is 14.7. The molecule has 5 N–H and O–H groups in total. The number of benzene rings is 2. The quantitative estimate of drug-likeness (QED) is 0.738. The minimum absolute atomic E-state index is 0.286. The third-order valence-electron chi connectivity index (χ3n) is 2.59. The van der Waals surface area contributed by atoms with Crippen molar-refractivity contribution in [3.05, 3.63) is 52.5 Å². The van der Waals surface area contributed by atoms with Gasteiger partial charge < -0.3 is 16.8 Å². The largest absolute Gasteiger partial charge is 0.399 e. The highest BCUT2D eigenvalue weighted by atomic mass is 35.5. The first-order valence-corrected chi connectivity index (χ1v) is 6.04. The fraction of sp³-hybridized carbons (Fsp3) is 0. The minimum atomic E-state index is -0.379. The molecule has 0 saturated heterocycles. The van der Waals surface area contributed by atoms with Gasteiger partial charge in [0.1, 0.15) is 0 Å². The first-order valence-electron chi connectivity index (χ1n) is 5.66. The number of nitrogens with zero attached hydrogens (tertiary/aromatic N) is 1. The van der Waals surface area contributed by atoms with Gasteiger partial charge in [-0.05, 0) is 36.4 Å². The molecule has 2 aromatic carbocycles. The molecule has 0 bridgehead atoms. The highest BCUT2D eigenvalue weighted by Crippen LogP contribution is 2.24. The second kappa shape index (κ2) is 5.51. The third-order valence-corrected chi connectivity index (χ3v) is 2.90. The average Bonchev–Trinajstić information content (AvgIpc) is 2.39. The number of nitrogens with one attached hydrogen (secondary N) is 1. The van der Waals surface area contributed by atoms with Crippen LogP contribution >= 0.6 is 11.6 Å². The van der Waals surface area contributed by atoms with Crippen molar-refractivity contribution in [2.75, 3.05) is 16.8 Å². The van der Waals surface area contributed by atoms with E-state index >= 15 is 0 Å². The van der Waals surface area contributed by atoms with Crippen molar-refractivity contribution in [2.24, 2.45) is 0 Å². The Labute approximate surface area is 120 Å². The predicted molar refractivity (Wildman–Crippen MR) is 79.4 cm³/mol. The summed E-state index contributed by atoms with van der Waals surface area (Å²) >= 11 is 5.99. The van der Waals surface area contributed by atoms with E-state index in [0.29, 0.717) is 28.2 Å². The zero-order valence-corrected chi connectivity index (χ0v) is 11.1. The molecule has 0 unspecified atom stereocenters. The molecule has 2 aromatic rings. The Morgan fingerprint density at radius 3 is 2.35 bits per heavy atom. The van der Waals surface area contributed by atoms with Crippen LogP contribution in [0.2, 0.25) is 5.02 Å². The molecule has 2 rings (SSSR count). The summed E-state index contributed by atoms with van der Waals surface area (Å²) in [6.07, 6.45) is 0. The van der Waals surface area contributed by atoms with Crippen molar-refractivity contribution in [1.29, 1.82) is 5.26 Å². The van der Waals surface area contributed by atoms with E-state index in [2.05, 4.69) is 5.32 Å². The van der Waals surface area contributed by atoms with Crippen molar-refractivity contribution < 1.29 is 4.79 Å². The molecule has 5 nitrogen and oxygen atoms in total. The summed E-state index contributed by atoms with van der Waals surface area (Å²) in [5, 5.41) is 11.7. The number of carbonyl (C=O) groups excluding carboxylic acids is 1. The Morgan fingerprint density at radius 2 is 1.80 bits per heavy atom. The third kappa shape index (κ3) is 2.99. The monoisotopic (exact) mass is 286 g/mol. The van der Waals surface area contributed by atoms with Crippen molar-refractivity contribution >= 4 is 34.6 Å². The van der Waals surface area contributed by atoms with E-state index in [1.807, 2.05) is 6.07 Å². The summed E-state index contributed by atoms with van der Waals surface area (Å²) < 4.78 is 0. The van der Waals surface area contributed by atoms with Gasteiger partial charge in [-0.25, -0.2) is 0 Å². The fourth-order valence-electron chi connectivity index (χ4n) is 1.69. The number of rotatable bonds is 2. The molecule has 6 heteroatoms. The van der Waals surface area contributed by atoms with Crippen LogP contribution in [0.3, 0.4) is 0 Å². The molecule has 0 heterocycles. The maximum absolute atomic E-state index is 12.1. The lowest BCUT2D eigenvalue weighted by atomic mass is 10.1. The summed E-state index contributed by atoms with van der Waals surface area (Å²) in [6.45, 7) is 0. The summed E-state index contributed by atoms with van der Waals surface area (Å²) in [5.74, 6) is -0.379. The lowest BCUT2D eigenvalue weighted by Crippen LogP contribution is -2.13. The second-order valence-electron chi connectivity index (χ2n) is 4.15. The first-order chi connectivity index (χ1) is 9.49. The first kappa shape index (κ1) is 13.7. The van der Waals surface area contributed by atoms with E-state index in [1.165, 1.54) is 18.2 Å². The molecule has 0 spiro atoms. The van der Waals surface area contributed by atoms with Crippen molar-refractivity contribution in [3.8, 4) is 6.07 Å². The van der Waals surface area contributed by atoms with E-state index in [9.17, 15) is 4.79 Å². The Kier molecular flexibility index (Phi) is 3.78. The van der Waals surface area contributed by atoms with E-state index in [4.69, 9.17) is 28.3 Å². The molecule has 100 valence electrons. The number of amides is 1. The van der Waals surface area contributed by atoms with Gasteiger partial charge in [0.05, 0.1) is 22.3 Å². The van der Waals surface area contributed by atoms with Gasteiger partial charge in [0.25, 0.3) is 5.91 Å². The van der Waals surface area contributed by atoms with Gasteiger partial charge in [0.2, 0.25) is 0 Å². The molecule has 0 saturated carbocycles. The van der Waals surface area contributed by atoms with E-state index < -0.39 is 0 Å². The normalized spacial score (nSPS) is 9.80. The van der Waals surface area contributed by atoms with Gasteiger partial charge in [-0.1, -0.05) is 11.6 Å². The smallest absolute Gasteiger partial charge is 0.255 e. The number of halogens is 1.